The maximum absolute atomic E-state index is 2.45. The van der Waals surface area contributed by atoms with Gasteiger partial charge in [0.1, 0.15) is 0 Å². The van der Waals surface area contributed by atoms with E-state index in [0.717, 1.165) is 11.8 Å². The molecular weight excluding hydrogens is 288 g/mol. The van der Waals surface area contributed by atoms with Gasteiger partial charge >= 0.3 is 0 Å². The van der Waals surface area contributed by atoms with E-state index in [1.165, 1.54) is 103 Å². The van der Waals surface area contributed by atoms with Gasteiger partial charge in [0.25, 0.3) is 0 Å². The minimum atomic E-state index is 0.928. The van der Waals surface area contributed by atoms with E-state index in [0.29, 0.717) is 0 Å². The molecule has 0 aliphatic rings. The zero-order chi connectivity index (χ0) is 18.5. The van der Waals surface area contributed by atoms with Crippen LogP contribution in [-0.2, 0) is 0 Å². The van der Waals surface area contributed by atoms with Crippen molar-refractivity contribution in [3.63, 3.8) is 0 Å². The van der Waals surface area contributed by atoms with Gasteiger partial charge in [-0.1, -0.05) is 138 Å². The summed E-state index contributed by atoms with van der Waals surface area (Å²) >= 11 is 0. The summed E-state index contributed by atoms with van der Waals surface area (Å²) < 4.78 is 0. The third-order valence-electron chi connectivity index (χ3n) is 5.05. The van der Waals surface area contributed by atoms with E-state index in [2.05, 4.69) is 41.5 Å². The van der Waals surface area contributed by atoms with Gasteiger partial charge in [0.2, 0.25) is 0 Å². The molecule has 0 rings (SSSR count). The molecule has 0 spiro atoms. The average Bonchev–Trinajstić information content (AvgIpc) is 2.56. The van der Waals surface area contributed by atoms with E-state index in [-0.39, 0.29) is 0 Å². The third kappa shape index (κ3) is 24.3. The van der Waals surface area contributed by atoms with Crippen LogP contribution in [0.15, 0.2) is 0 Å². The van der Waals surface area contributed by atoms with Crippen molar-refractivity contribution in [2.45, 2.75) is 144 Å². The standard InChI is InChI=1S/C21H44.C3H8/c1-5-7-8-9-10-11-12-13-14-15-16-17-18-21(4)19-20(3)6-2;1-3-2/h20-21H,5-19H2,1-4H3;3H2,1-2H3. The molecule has 0 saturated heterocycles. The zero-order valence-electron chi connectivity index (χ0n) is 18.5. The molecule has 0 heterocycles. The second-order valence-corrected chi connectivity index (χ2v) is 8.24. The molecule has 148 valence electrons. The van der Waals surface area contributed by atoms with Crippen molar-refractivity contribution in [1.29, 1.82) is 0 Å². The first-order valence-corrected chi connectivity index (χ1v) is 11.6. The summed E-state index contributed by atoms with van der Waals surface area (Å²) in [4.78, 5) is 0. The van der Waals surface area contributed by atoms with E-state index in [1.54, 1.807) is 0 Å². The maximum Gasteiger partial charge on any atom is -0.0440 e. The Bertz CT molecular complexity index is 196. The molecule has 0 fully saturated rings. The summed E-state index contributed by atoms with van der Waals surface area (Å²) in [5, 5.41) is 0. The molecule has 0 aromatic rings. The highest BCUT2D eigenvalue weighted by atomic mass is 14.1. The van der Waals surface area contributed by atoms with Crippen molar-refractivity contribution in [3.05, 3.63) is 0 Å². The average molecular weight is 341 g/mol. The van der Waals surface area contributed by atoms with Crippen LogP contribution < -0.4 is 0 Å². The highest BCUT2D eigenvalue weighted by Crippen LogP contribution is 2.20. The van der Waals surface area contributed by atoms with Gasteiger partial charge in [-0.05, 0) is 18.3 Å². The fraction of sp³-hybridized carbons (Fsp3) is 1.00. The van der Waals surface area contributed by atoms with Crippen LogP contribution in [0, 0.1) is 11.8 Å². The molecule has 2 atom stereocenters. The summed E-state index contributed by atoms with van der Waals surface area (Å²) in [6, 6.07) is 0. The molecule has 0 amide bonds. The van der Waals surface area contributed by atoms with E-state index < -0.39 is 0 Å². The van der Waals surface area contributed by atoms with Gasteiger partial charge in [-0.2, -0.15) is 0 Å². The van der Waals surface area contributed by atoms with Gasteiger partial charge in [-0.15, -0.1) is 0 Å². The zero-order valence-corrected chi connectivity index (χ0v) is 18.5. The Morgan fingerprint density at radius 2 is 0.875 bits per heavy atom. The highest BCUT2D eigenvalue weighted by molar-refractivity contribution is 4.59. The summed E-state index contributed by atoms with van der Waals surface area (Å²) in [6.45, 7) is 13.7. The van der Waals surface area contributed by atoms with E-state index >= 15 is 0 Å². The van der Waals surface area contributed by atoms with E-state index in [1.807, 2.05) is 0 Å². The van der Waals surface area contributed by atoms with Crippen molar-refractivity contribution < 1.29 is 0 Å². The van der Waals surface area contributed by atoms with Crippen molar-refractivity contribution in [2.24, 2.45) is 11.8 Å². The Morgan fingerprint density at radius 3 is 1.25 bits per heavy atom. The molecule has 0 N–H and O–H groups in total. The van der Waals surface area contributed by atoms with Crippen LogP contribution in [0.3, 0.4) is 0 Å². The smallest absolute Gasteiger partial charge is 0.0440 e. The highest BCUT2D eigenvalue weighted by Gasteiger charge is 2.06. The Kier molecular flexibility index (Phi) is 25.1. The van der Waals surface area contributed by atoms with Crippen LogP contribution in [0.1, 0.15) is 144 Å². The van der Waals surface area contributed by atoms with Crippen LogP contribution in [0.25, 0.3) is 0 Å². The summed E-state index contributed by atoms with van der Waals surface area (Å²) in [5.74, 6) is 1.88. The minimum Gasteiger partial charge on any atom is -0.0656 e. The molecule has 0 aromatic heterocycles. The molecule has 0 heteroatoms. The normalized spacial score (nSPS) is 13.2. The van der Waals surface area contributed by atoms with Crippen molar-refractivity contribution in [1.82, 2.24) is 0 Å². The van der Waals surface area contributed by atoms with Crippen LogP contribution in [-0.4, -0.2) is 0 Å². The monoisotopic (exact) mass is 340 g/mol. The molecule has 24 heavy (non-hydrogen) atoms. The Labute approximate surface area is 156 Å². The van der Waals surface area contributed by atoms with E-state index in [4.69, 9.17) is 0 Å². The minimum absolute atomic E-state index is 0.928. The van der Waals surface area contributed by atoms with Crippen LogP contribution in [0.4, 0.5) is 0 Å². The van der Waals surface area contributed by atoms with Crippen molar-refractivity contribution >= 4 is 0 Å². The van der Waals surface area contributed by atoms with Gasteiger partial charge < -0.3 is 0 Å². The summed E-state index contributed by atoms with van der Waals surface area (Å²) in [7, 11) is 0. The quantitative estimate of drug-likeness (QED) is 0.245. The lowest BCUT2D eigenvalue weighted by Gasteiger charge is -2.15. The first kappa shape index (κ1) is 26.2. The summed E-state index contributed by atoms with van der Waals surface area (Å²) in [6.07, 6.45) is 23.1. The molecule has 0 radical (unpaired) electrons. The SMILES string of the molecule is CCC.CCCCCCCCCCCCCCC(C)CC(C)CC. The van der Waals surface area contributed by atoms with Crippen molar-refractivity contribution in [2.75, 3.05) is 0 Å². The molecule has 0 nitrogen and oxygen atoms in total. The van der Waals surface area contributed by atoms with Crippen molar-refractivity contribution in [3.8, 4) is 0 Å². The molecule has 0 bridgehead atoms. The second kappa shape index (κ2) is 23.0. The predicted molar refractivity (Wildman–Crippen MR) is 115 cm³/mol. The van der Waals surface area contributed by atoms with Gasteiger partial charge in [0.15, 0.2) is 0 Å². The largest absolute Gasteiger partial charge is 0.0656 e. The number of hydrogen-bond acceptors (Lipinski definition) is 0. The van der Waals surface area contributed by atoms with Crippen LogP contribution in [0.2, 0.25) is 0 Å². The predicted octanol–water partition coefficient (Wildman–Crippen LogP) is 9.57. The molecule has 0 aliphatic carbocycles. The Hall–Kier alpha value is 0. The van der Waals surface area contributed by atoms with Gasteiger partial charge in [-0.25, -0.2) is 0 Å². The first-order valence-electron chi connectivity index (χ1n) is 11.6. The topological polar surface area (TPSA) is 0 Å². The lowest BCUT2D eigenvalue weighted by molar-refractivity contribution is 0.374. The molecule has 0 aliphatic heterocycles. The lowest BCUT2D eigenvalue weighted by Crippen LogP contribution is -2.02. The fourth-order valence-electron chi connectivity index (χ4n) is 3.31. The number of unbranched alkanes of at least 4 members (excludes halogenated alkanes) is 11. The van der Waals surface area contributed by atoms with E-state index in [9.17, 15) is 0 Å². The van der Waals surface area contributed by atoms with Gasteiger partial charge in [-0.3, -0.25) is 0 Å². The number of hydrogen-bond donors (Lipinski definition) is 0. The van der Waals surface area contributed by atoms with Crippen LogP contribution in [0.5, 0.6) is 0 Å². The Morgan fingerprint density at radius 1 is 0.500 bits per heavy atom. The van der Waals surface area contributed by atoms with Crippen LogP contribution >= 0.6 is 0 Å². The first-order chi connectivity index (χ1) is 11.6. The van der Waals surface area contributed by atoms with Gasteiger partial charge in [0.05, 0.1) is 0 Å². The third-order valence-corrected chi connectivity index (χ3v) is 5.05. The maximum atomic E-state index is 2.45. The molecule has 0 aromatic carbocycles. The second-order valence-electron chi connectivity index (χ2n) is 8.24. The molecule has 0 saturated carbocycles. The summed E-state index contributed by atoms with van der Waals surface area (Å²) in [5.41, 5.74) is 0. The molecule has 2 unspecified atom stereocenters. The fourth-order valence-corrected chi connectivity index (χ4v) is 3.31. The lowest BCUT2D eigenvalue weighted by atomic mass is 9.91. The van der Waals surface area contributed by atoms with Gasteiger partial charge in [0, 0.05) is 0 Å². The number of rotatable bonds is 16. The molecular formula is C24H52. The Balaban J connectivity index is 0.